The van der Waals surface area contributed by atoms with Gasteiger partial charge in [-0.05, 0) is 24.3 Å². The first-order valence-electron chi connectivity index (χ1n) is 9.21. The van der Waals surface area contributed by atoms with Crippen LogP contribution in [0, 0.1) is 5.92 Å². The van der Waals surface area contributed by atoms with Gasteiger partial charge in [-0.3, -0.25) is 14.7 Å². The highest BCUT2D eigenvalue weighted by Gasteiger charge is 2.19. The van der Waals surface area contributed by atoms with Crippen LogP contribution in [0.5, 0.6) is 0 Å². The Bertz CT molecular complexity index is 718. The van der Waals surface area contributed by atoms with Gasteiger partial charge in [-0.2, -0.15) is 0 Å². The van der Waals surface area contributed by atoms with Crippen molar-refractivity contribution in [2.45, 2.75) is 33.2 Å². The summed E-state index contributed by atoms with van der Waals surface area (Å²) in [4.78, 5) is 24.2. The minimum atomic E-state index is -0.0459. The SMILES string of the molecule is CC(C)CCc1cc(=O)[nH]c(N2CCN(Cc3ccccc3)CC2)n1. The fourth-order valence-corrected chi connectivity index (χ4v) is 3.17. The van der Waals surface area contributed by atoms with Crippen molar-refractivity contribution in [2.24, 2.45) is 5.92 Å². The number of anilines is 1. The molecule has 1 fully saturated rings. The van der Waals surface area contributed by atoms with E-state index in [1.807, 2.05) is 0 Å². The van der Waals surface area contributed by atoms with Crippen molar-refractivity contribution in [1.82, 2.24) is 14.9 Å². The lowest BCUT2D eigenvalue weighted by molar-refractivity contribution is 0.248. The number of hydrogen-bond donors (Lipinski definition) is 1. The molecule has 0 aliphatic carbocycles. The molecular formula is C20H28N4O. The maximum absolute atomic E-state index is 12.0. The van der Waals surface area contributed by atoms with E-state index in [4.69, 9.17) is 4.98 Å². The lowest BCUT2D eigenvalue weighted by atomic mass is 10.1. The highest BCUT2D eigenvalue weighted by molar-refractivity contribution is 5.31. The summed E-state index contributed by atoms with van der Waals surface area (Å²) in [6, 6.07) is 12.2. The average molecular weight is 340 g/mol. The molecule has 0 spiro atoms. The van der Waals surface area contributed by atoms with E-state index >= 15 is 0 Å². The molecule has 134 valence electrons. The summed E-state index contributed by atoms with van der Waals surface area (Å²) in [5, 5.41) is 0. The highest BCUT2D eigenvalue weighted by atomic mass is 16.1. The number of aryl methyl sites for hydroxylation is 1. The zero-order valence-electron chi connectivity index (χ0n) is 15.2. The monoisotopic (exact) mass is 340 g/mol. The molecular weight excluding hydrogens is 312 g/mol. The molecule has 5 heteroatoms. The van der Waals surface area contributed by atoms with E-state index in [2.05, 4.69) is 59.0 Å². The second kappa shape index (κ2) is 8.30. The molecule has 3 rings (SSSR count). The molecule has 5 nitrogen and oxygen atoms in total. The number of aromatic nitrogens is 2. The van der Waals surface area contributed by atoms with E-state index in [9.17, 15) is 4.79 Å². The Hall–Kier alpha value is -2.14. The van der Waals surface area contributed by atoms with E-state index in [-0.39, 0.29) is 5.56 Å². The first-order valence-corrected chi connectivity index (χ1v) is 9.21. The van der Waals surface area contributed by atoms with Gasteiger partial charge >= 0.3 is 0 Å². The first kappa shape index (κ1) is 17.7. The summed E-state index contributed by atoms with van der Waals surface area (Å²) in [7, 11) is 0. The average Bonchev–Trinajstić information content (AvgIpc) is 2.61. The maximum atomic E-state index is 12.0. The third-order valence-corrected chi connectivity index (χ3v) is 4.68. The van der Waals surface area contributed by atoms with Crippen LogP contribution in [-0.2, 0) is 13.0 Å². The van der Waals surface area contributed by atoms with E-state index in [0.29, 0.717) is 5.92 Å². The summed E-state index contributed by atoms with van der Waals surface area (Å²) in [6.45, 7) is 9.11. The van der Waals surface area contributed by atoms with E-state index in [1.165, 1.54) is 5.56 Å². The smallest absolute Gasteiger partial charge is 0.252 e. The number of hydrogen-bond acceptors (Lipinski definition) is 4. The van der Waals surface area contributed by atoms with Crippen molar-refractivity contribution in [3.8, 4) is 0 Å². The molecule has 1 aromatic heterocycles. The van der Waals surface area contributed by atoms with Gasteiger partial charge in [0.05, 0.1) is 0 Å². The second-order valence-corrected chi connectivity index (χ2v) is 7.24. The zero-order valence-corrected chi connectivity index (χ0v) is 15.2. The zero-order chi connectivity index (χ0) is 17.6. The van der Waals surface area contributed by atoms with Crippen LogP contribution in [-0.4, -0.2) is 41.0 Å². The predicted octanol–water partition coefficient (Wildman–Crippen LogP) is 2.68. The molecule has 0 amide bonds. The van der Waals surface area contributed by atoms with E-state index in [0.717, 1.165) is 57.2 Å². The Labute approximate surface area is 149 Å². The topological polar surface area (TPSA) is 52.2 Å². The largest absolute Gasteiger partial charge is 0.340 e. The molecule has 0 radical (unpaired) electrons. The summed E-state index contributed by atoms with van der Waals surface area (Å²) < 4.78 is 0. The molecule has 0 bridgehead atoms. The number of aromatic amines is 1. The van der Waals surface area contributed by atoms with Gasteiger partial charge in [0.25, 0.3) is 5.56 Å². The second-order valence-electron chi connectivity index (χ2n) is 7.24. The van der Waals surface area contributed by atoms with Crippen LogP contribution in [0.15, 0.2) is 41.2 Å². The van der Waals surface area contributed by atoms with Crippen molar-refractivity contribution < 1.29 is 0 Å². The number of nitrogens with zero attached hydrogens (tertiary/aromatic N) is 3. The van der Waals surface area contributed by atoms with E-state index in [1.54, 1.807) is 6.07 Å². The lowest BCUT2D eigenvalue weighted by Crippen LogP contribution is -2.47. The fourth-order valence-electron chi connectivity index (χ4n) is 3.17. The van der Waals surface area contributed by atoms with Crippen LogP contribution in [0.1, 0.15) is 31.5 Å². The summed E-state index contributed by atoms with van der Waals surface area (Å²) in [5.41, 5.74) is 2.20. The molecule has 0 atom stereocenters. The molecule has 1 aliphatic heterocycles. The fraction of sp³-hybridized carbons (Fsp3) is 0.500. The minimum Gasteiger partial charge on any atom is -0.340 e. The molecule has 1 aromatic carbocycles. The molecule has 0 unspecified atom stereocenters. The lowest BCUT2D eigenvalue weighted by Gasteiger charge is -2.35. The Morgan fingerprint density at radius 1 is 1.12 bits per heavy atom. The Morgan fingerprint density at radius 2 is 1.84 bits per heavy atom. The van der Waals surface area contributed by atoms with Gasteiger partial charge in [0, 0.05) is 44.5 Å². The van der Waals surface area contributed by atoms with Gasteiger partial charge in [0.15, 0.2) is 0 Å². The van der Waals surface area contributed by atoms with Crippen LogP contribution in [0.2, 0.25) is 0 Å². The van der Waals surface area contributed by atoms with Crippen LogP contribution in [0.3, 0.4) is 0 Å². The predicted molar refractivity (Wildman–Crippen MR) is 102 cm³/mol. The minimum absolute atomic E-state index is 0.0459. The highest BCUT2D eigenvalue weighted by Crippen LogP contribution is 2.14. The van der Waals surface area contributed by atoms with Crippen molar-refractivity contribution in [3.05, 3.63) is 58.0 Å². The third-order valence-electron chi connectivity index (χ3n) is 4.68. The van der Waals surface area contributed by atoms with Gasteiger partial charge in [-0.15, -0.1) is 0 Å². The van der Waals surface area contributed by atoms with E-state index < -0.39 is 0 Å². The standard InChI is InChI=1S/C20H28N4O/c1-16(2)8-9-18-14-19(25)22-20(21-18)24-12-10-23(11-13-24)15-17-6-4-3-5-7-17/h3-7,14,16H,8-13,15H2,1-2H3,(H,21,22,25). The van der Waals surface area contributed by atoms with Crippen molar-refractivity contribution in [2.75, 3.05) is 31.1 Å². The van der Waals surface area contributed by atoms with Crippen molar-refractivity contribution >= 4 is 5.95 Å². The molecule has 2 heterocycles. The van der Waals surface area contributed by atoms with Gasteiger partial charge in [0.1, 0.15) is 0 Å². The van der Waals surface area contributed by atoms with Crippen molar-refractivity contribution in [3.63, 3.8) is 0 Å². The normalized spacial score (nSPS) is 15.7. The van der Waals surface area contributed by atoms with Gasteiger partial charge in [0.2, 0.25) is 5.95 Å². The number of rotatable bonds is 6. The van der Waals surface area contributed by atoms with Crippen LogP contribution in [0.4, 0.5) is 5.95 Å². The number of H-pyrrole nitrogens is 1. The van der Waals surface area contributed by atoms with Crippen LogP contribution >= 0.6 is 0 Å². The number of benzene rings is 1. The van der Waals surface area contributed by atoms with Crippen LogP contribution < -0.4 is 10.5 Å². The molecule has 25 heavy (non-hydrogen) atoms. The Balaban J connectivity index is 1.59. The molecule has 1 saturated heterocycles. The third kappa shape index (κ3) is 5.16. The molecule has 1 aliphatic rings. The summed E-state index contributed by atoms with van der Waals surface area (Å²) in [6.07, 6.45) is 1.92. The van der Waals surface area contributed by atoms with Gasteiger partial charge < -0.3 is 4.90 Å². The Morgan fingerprint density at radius 3 is 2.52 bits per heavy atom. The van der Waals surface area contributed by atoms with Gasteiger partial charge in [-0.25, -0.2) is 4.98 Å². The van der Waals surface area contributed by atoms with Crippen LogP contribution in [0.25, 0.3) is 0 Å². The maximum Gasteiger partial charge on any atom is 0.252 e. The molecule has 1 N–H and O–H groups in total. The first-order chi connectivity index (χ1) is 12.1. The summed E-state index contributed by atoms with van der Waals surface area (Å²) >= 11 is 0. The Kier molecular flexibility index (Phi) is 5.87. The van der Waals surface area contributed by atoms with Gasteiger partial charge in [-0.1, -0.05) is 44.2 Å². The molecule has 0 saturated carbocycles. The molecule has 2 aromatic rings. The number of nitrogens with one attached hydrogen (secondary N) is 1. The quantitative estimate of drug-likeness (QED) is 0.878. The summed E-state index contributed by atoms with van der Waals surface area (Å²) in [5.74, 6) is 1.34. The number of piperazine rings is 1. The van der Waals surface area contributed by atoms with Crippen molar-refractivity contribution in [1.29, 1.82) is 0 Å².